The Bertz CT molecular complexity index is 911. The van der Waals surface area contributed by atoms with Crippen molar-refractivity contribution in [3.8, 4) is 5.75 Å². The first-order chi connectivity index (χ1) is 11.5. The van der Waals surface area contributed by atoms with Gasteiger partial charge in [-0.15, -0.1) is 5.10 Å². The van der Waals surface area contributed by atoms with E-state index in [1.54, 1.807) is 42.6 Å². The molecule has 3 rings (SSSR count). The maximum Gasteiger partial charge on any atom is 0.267 e. The number of halogens is 1. The molecule has 2 heterocycles. The molecule has 0 radical (unpaired) electrons. The Morgan fingerprint density at radius 1 is 1.17 bits per heavy atom. The number of hydrogen-bond donors (Lipinski definition) is 1. The predicted molar refractivity (Wildman–Crippen MR) is 87.3 cm³/mol. The third kappa shape index (κ3) is 4.09. The van der Waals surface area contributed by atoms with Gasteiger partial charge in [-0.2, -0.15) is 4.98 Å². The molecule has 0 unspecified atom stereocenters. The highest BCUT2D eigenvalue weighted by Crippen LogP contribution is 2.17. The molecule has 0 atom stereocenters. The zero-order valence-electron chi connectivity index (χ0n) is 12.4. The average Bonchev–Trinajstić information content (AvgIpc) is 3.05. The topological polar surface area (TPSA) is 97.8 Å². The highest BCUT2D eigenvalue weighted by atomic mass is 35.5. The van der Waals surface area contributed by atoms with Gasteiger partial charge in [-0.25, -0.2) is 8.42 Å². The molecular formula is C15H13ClN4O3S. The standard InChI is InChI=1S/C15H13ClN4O3S/c16-12-3-5-13(6-4-12)23-9-14-18-15(20-19-14)24(21,22)10-11-2-1-7-17-8-11/h1-8H,9-10H2,(H,18,19,20). The van der Waals surface area contributed by atoms with Crippen molar-refractivity contribution in [2.24, 2.45) is 0 Å². The minimum Gasteiger partial charge on any atom is -0.486 e. The molecule has 24 heavy (non-hydrogen) atoms. The van der Waals surface area contributed by atoms with Crippen molar-refractivity contribution in [2.45, 2.75) is 17.5 Å². The van der Waals surface area contributed by atoms with Crippen molar-refractivity contribution >= 4 is 21.4 Å². The average molecular weight is 365 g/mol. The summed E-state index contributed by atoms with van der Waals surface area (Å²) < 4.78 is 30.1. The summed E-state index contributed by atoms with van der Waals surface area (Å²) in [5.41, 5.74) is 0.571. The number of H-pyrrole nitrogens is 1. The summed E-state index contributed by atoms with van der Waals surface area (Å²) in [6.45, 7) is 0.0665. The summed E-state index contributed by atoms with van der Waals surface area (Å²) in [5, 5.41) is 6.68. The van der Waals surface area contributed by atoms with E-state index in [-0.39, 0.29) is 17.5 Å². The number of ether oxygens (including phenoxy) is 1. The van der Waals surface area contributed by atoms with Gasteiger partial charge in [0.15, 0.2) is 5.82 Å². The van der Waals surface area contributed by atoms with E-state index in [0.29, 0.717) is 22.2 Å². The van der Waals surface area contributed by atoms with Crippen LogP contribution in [0.4, 0.5) is 0 Å². The summed E-state index contributed by atoms with van der Waals surface area (Å²) in [6, 6.07) is 10.2. The van der Waals surface area contributed by atoms with E-state index >= 15 is 0 Å². The maximum absolute atomic E-state index is 12.3. The molecule has 0 saturated heterocycles. The molecule has 0 amide bonds. The fraction of sp³-hybridized carbons (Fsp3) is 0.133. The maximum atomic E-state index is 12.3. The van der Waals surface area contributed by atoms with Crippen molar-refractivity contribution in [2.75, 3.05) is 0 Å². The Balaban J connectivity index is 1.67. The molecule has 124 valence electrons. The number of nitrogens with one attached hydrogen (secondary N) is 1. The molecule has 0 aliphatic carbocycles. The van der Waals surface area contributed by atoms with Gasteiger partial charge in [-0.1, -0.05) is 17.7 Å². The molecule has 0 saturated carbocycles. The number of rotatable bonds is 6. The van der Waals surface area contributed by atoms with Crippen LogP contribution < -0.4 is 4.74 Å². The first kappa shape index (κ1) is 16.4. The van der Waals surface area contributed by atoms with E-state index in [4.69, 9.17) is 16.3 Å². The second kappa shape index (κ2) is 6.98. The minimum atomic E-state index is -3.65. The smallest absolute Gasteiger partial charge is 0.267 e. The second-order valence-corrected chi connectivity index (χ2v) is 7.25. The SMILES string of the molecule is O=S(=O)(Cc1cccnc1)c1n[nH]c(COc2ccc(Cl)cc2)n1. The van der Waals surface area contributed by atoms with Gasteiger partial charge in [0.1, 0.15) is 12.4 Å². The number of hydrogen-bond acceptors (Lipinski definition) is 6. The Kier molecular flexibility index (Phi) is 4.77. The molecular weight excluding hydrogens is 352 g/mol. The fourth-order valence-corrected chi connectivity index (χ4v) is 3.23. The Morgan fingerprint density at radius 2 is 1.96 bits per heavy atom. The largest absolute Gasteiger partial charge is 0.486 e. The lowest BCUT2D eigenvalue weighted by molar-refractivity contribution is 0.296. The van der Waals surface area contributed by atoms with Crippen LogP contribution in [0.3, 0.4) is 0 Å². The van der Waals surface area contributed by atoms with Crippen LogP contribution in [0, 0.1) is 0 Å². The highest BCUT2D eigenvalue weighted by Gasteiger charge is 2.21. The number of sulfone groups is 1. The molecule has 0 fully saturated rings. The fourth-order valence-electron chi connectivity index (χ4n) is 1.93. The van der Waals surface area contributed by atoms with Gasteiger partial charge in [0.2, 0.25) is 9.84 Å². The number of pyridine rings is 1. The summed E-state index contributed by atoms with van der Waals surface area (Å²) >= 11 is 5.79. The van der Waals surface area contributed by atoms with E-state index in [1.165, 1.54) is 6.20 Å². The molecule has 9 heteroatoms. The lowest BCUT2D eigenvalue weighted by atomic mass is 10.3. The number of aromatic amines is 1. The molecule has 0 aliphatic rings. The van der Waals surface area contributed by atoms with Gasteiger partial charge in [0, 0.05) is 17.4 Å². The summed E-state index contributed by atoms with van der Waals surface area (Å²) in [7, 11) is -3.65. The van der Waals surface area contributed by atoms with E-state index in [2.05, 4.69) is 20.2 Å². The lowest BCUT2D eigenvalue weighted by Gasteiger charge is -2.03. The van der Waals surface area contributed by atoms with Gasteiger partial charge in [-0.3, -0.25) is 10.1 Å². The molecule has 2 aromatic heterocycles. The van der Waals surface area contributed by atoms with Crippen LogP contribution in [-0.2, 0) is 22.2 Å². The van der Waals surface area contributed by atoms with Gasteiger partial charge in [-0.05, 0) is 35.9 Å². The lowest BCUT2D eigenvalue weighted by Crippen LogP contribution is -2.07. The van der Waals surface area contributed by atoms with E-state index in [0.717, 1.165) is 0 Å². The van der Waals surface area contributed by atoms with Crippen molar-refractivity contribution in [3.63, 3.8) is 0 Å². The van der Waals surface area contributed by atoms with Gasteiger partial charge in [0.25, 0.3) is 5.16 Å². The molecule has 3 aromatic rings. The van der Waals surface area contributed by atoms with Crippen LogP contribution in [0.5, 0.6) is 5.75 Å². The summed E-state index contributed by atoms with van der Waals surface area (Å²) in [5.74, 6) is 0.696. The predicted octanol–water partition coefficient (Wildman–Crippen LogP) is 2.41. The van der Waals surface area contributed by atoms with Gasteiger partial charge < -0.3 is 4.74 Å². The number of aromatic nitrogens is 4. The van der Waals surface area contributed by atoms with Crippen LogP contribution in [0.25, 0.3) is 0 Å². The van der Waals surface area contributed by atoms with Crippen molar-refractivity contribution < 1.29 is 13.2 Å². The third-order valence-electron chi connectivity index (χ3n) is 3.06. The highest BCUT2D eigenvalue weighted by molar-refractivity contribution is 7.90. The van der Waals surface area contributed by atoms with E-state index in [1.807, 2.05) is 0 Å². The van der Waals surface area contributed by atoms with Crippen LogP contribution in [0.15, 0.2) is 53.9 Å². The summed E-state index contributed by atoms with van der Waals surface area (Å²) in [6.07, 6.45) is 3.07. The Labute approximate surface area is 143 Å². The van der Waals surface area contributed by atoms with Crippen molar-refractivity contribution in [3.05, 3.63) is 65.2 Å². The molecule has 1 aromatic carbocycles. The molecule has 0 bridgehead atoms. The number of nitrogens with zero attached hydrogens (tertiary/aromatic N) is 3. The zero-order valence-corrected chi connectivity index (χ0v) is 14.0. The first-order valence-electron chi connectivity index (χ1n) is 6.94. The van der Waals surface area contributed by atoms with Crippen LogP contribution in [-0.4, -0.2) is 28.6 Å². The van der Waals surface area contributed by atoms with Gasteiger partial charge in [0.05, 0.1) is 5.75 Å². The van der Waals surface area contributed by atoms with Crippen LogP contribution in [0.1, 0.15) is 11.4 Å². The molecule has 0 aliphatic heterocycles. The second-order valence-electron chi connectivity index (χ2n) is 4.93. The van der Waals surface area contributed by atoms with Crippen LogP contribution >= 0.6 is 11.6 Å². The Hall–Kier alpha value is -2.45. The quantitative estimate of drug-likeness (QED) is 0.721. The molecule has 0 spiro atoms. The monoisotopic (exact) mass is 364 g/mol. The zero-order chi connectivity index (χ0) is 17.0. The first-order valence-corrected chi connectivity index (χ1v) is 8.97. The van der Waals surface area contributed by atoms with Gasteiger partial charge >= 0.3 is 0 Å². The normalized spacial score (nSPS) is 11.4. The van der Waals surface area contributed by atoms with Crippen molar-refractivity contribution in [1.82, 2.24) is 20.2 Å². The van der Waals surface area contributed by atoms with Crippen LogP contribution in [0.2, 0.25) is 5.02 Å². The third-order valence-corrected chi connectivity index (χ3v) is 4.76. The van der Waals surface area contributed by atoms with E-state index < -0.39 is 9.84 Å². The van der Waals surface area contributed by atoms with Crippen molar-refractivity contribution in [1.29, 1.82) is 0 Å². The van der Waals surface area contributed by atoms with E-state index in [9.17, 15) is 8.42 Å². The molecule has 1 N–H and O–H groups in total. The minimum absolute atomic E-state index is 0.0665. The summed E-state index contributed by atoms with van der Waals surface area (Å²) in [4.78, 5) is 7.88. The number of benzene rings is 1. The molecule has 7 nitrogen and oxygen atoms in total. The Morgan fingerprint density at radius 3 is 2.67 bits per heavy atom.